The van der Waals surface area contributed by atoms with Crippen LogP contribution in [0.5, 0.6) is 11.5 Å². The molecule has 0 aromatic heterocycles. The van der Waals surface area contributed by atoms with Crippen molar-refractivity contribution in [1.82, 2.24) is 4.90 Å². The first-order valence-electron chi connectivity index (χ1n) is 9.13. The SMILES string of the molecule is COc1cccc(OC)c1NC(=O)N1CCN(c2cccc(C)c2C)CC1.Cl. The largest absolute Gasteiger partial charge is 0.494 e. The normalized spacial score (nSPS) is 13.6. The van der Waals surface area contributed by atoms with E-state index in [0.717, 1.165) is 13.1 Å². The van der Waals surface area contributed by atoms with Gasteiger partial charge in [-0.05, 0) is 43.2 Å². The van der Waals surface area contributed by atoms with Gasteiger partial charge in [0, 0.05) is 31.9 Å². The van der Waals surface area contributed by atoms with E-state index >= 15 is 0 Å². The standard InChI is InChI=1S/C21H27N3O3.ClH/c1-15-7-5-8-17(16(15)2)23-11-13-24(14-12-23)21(25)22-20-18(26-3)9-6-10-19(20)27-4;/h5-10H,11-14H2,1-4H3,(H,22,25);1H. The minimum absolute atomic E-state index is 0. The molecule has 1 saturated heterocycles. The Balaban J connectivity index is 0.00000280. The summed E-state index contributed by atoms with van der Waals surface area (Å²) < 4.78 is 10.7. The fourth-order valence-corrected chi connectivity index (χ4v) is 3.39. The highest BCUT2D eigenvalue weighted by Gasteiger charge is 2.24. The molecule has 1 aliphatic rings. The van der Waals surface area contributed by atoms with Crippen molar-refractivity contribution < 1.29 is 14.3 Å². The number of nitrogens with zero attached hydrogens (tertiary/aromatic N) is 2. The molecule has 1 aliphatic heterocycles. The molecule has 0 radical (unpaired) electrons. The van der Waals surface area contributed by atoms with Gasteiger partial charge in [-0.3, -0.25) is 0 Å². The third-order valence-corrected chi connectivity index (χ3v) is 5.14. The number of benzene rings is 2. The van der Waals surface area contributed by atoms with Gasteiger partial charge < -0.3 is 24.6 Å². The summed E-state index contributed by atoms with van der Waals surface area (Å²) in [6, 6.07) is 11.7. The van der Waals surface area contributed by atoms with Gasteiger partial charge in [-0.2, -0.15) is 0 Å². The van der Waals surface area contributed by atoms with Crippen molar-refractivity contribution in [3.63, 3.8) is 0 Å². The number of ether oxygens (including phenoxy) is 2. The van der Waals surface area contributed by atoms with E-state index < -0.39 is 0 Å². The van der Waals surface area contributed by atoms with Crippen LogP contribution in [0.2, 0.25) is 0 Å². The molecule has 0 unspecified atom stereocenters. The van der Waals surface area contributed by atoms with Crippen LogP contribution in [0.4, 0.5) is 16.2 Å². The molecule has 1 N–H and O–H groups in total. The molecule has 1 fully saturated rings. The number of anilines is 2. The molecule has 7 heteroatoms. The monoisotopic (exact) mass is 405 g/mol. The topological polar surface area (TPSA) is 54.0 Å². The van der Waals surface area contributed by atoms with Crippen LogP contribution in [-0.4, -0.2) is 51.3 Å². The fraction of sp³-hybridized carbons (Fsp3) is 0.381. The van der Waals surface area contributed by atoms with E-state index in [9.17, 15) is 4.79 Å². The summed E-state index contributed by atoms with van der Waals surface area (Å²) in [7, 11) is 3.15. The number of methoxy groups -OCH3 is 2. The van der Waals surface area contributed by atoms with E-state index in [1.807, 2.05) is 11.0 Å². The van der Waals surface area contributed by atoms with Crippen LogP contribution in [0.1, 0.15) is 11.1 Å². The number of nitrogens with one attached hydrogen (secondary N) is 1. The highest BCUT2D eigenvalue weighted by molar-refractivity contribution is 5.93. The van der Waals surface area contributed by atoms with Gasteiger partial charge in [-0.25, -0.2) is 4.79 Å². The van der Waals surface area contributed by atoms with Crippen molar-refractivity contribution in [3.8, 4) is 11.5 Å². The second-order valence-corrected chi connectivity index (χ2v) is 6.66. The van der Waals surface area contributed by atoms with Gasteiger partial charge in [-0.1, -0.05) is 18.2 Å². The molecule has 0 aliphatic carbocycles. The molecule has 0 bridgehead atoms. The van der Waals surface area contributed by atoms with Gasteiger partial charge in [0.15, 0.2) is 0 Å². The molecular weight excluding hydrogens is 378 g/mol. The zero-order valence-electron chi connectivity index (χ0n) is 16.8. The molecule has 2 aromatic carbocycles. The molecule has 0 atom stereocenters. The summed E-state index contributed by atoms with van der Waals surface area (Å²) in [5, 5.41) is 2.94. The Morgan fingerprint density at radius 3 is 2.07 bits per heavy atom. The van der Waals surface area contributed by atoms with Crippen molar-refractivity contribution >= 4 is 29.8 Å². The molecule has 1 heterocycles. The van der Waals surface area contributed by atoms with E-state index in [1.54, 1.807) is 26.4 Å². The lowest BCUT2D eigenvalue weighted by Gasteiger charge is -2.37. The maximum Gasteiger partial charge on any atom is 0.322 e. The van der Waals surface area contributed by atoms with Crippen molar-refractivity contribution in [3.05, 3.63) is 47.5 Å². The fourth-order valence-electron chi connectivity index (χ4n) is 3.39. The Hall–Kier alpha value is -2.60. The van der Waals surface area contributed by atoms with E-state index in [-0.39, 0.29) is 18.4 Å². The summed E-state index contributed by atoms with van der Waals surface area (Å²) in [5.74, 6) is 1.16. The predicted octanol–water partition coefficient (Wildman–Crippen LogP) is 4.10. The molecule has 152 valence electrons. The van der Waals surface area contributed by atoms with E-state index in [2.05, 4.69) is 42.3 Å². The number of halogens is 1. The van der Waals surface area contributed by atoms with Crippen molar-refractivity contribution in [1.29, 1.82) is 0 Å². The van der Waals surface area contributed by atoms with Crippen molar-refractivity contribution in [2.75, 3.05) is 50.6 Å². The van der Waals surface area contributed by atoms with Gasteiger partial charge in [0.05, 0.1) is 14.2 Å². The first-order chi connectivity index (χ1) is 13.0. The zero-order chi connectivity index (χ0) is 19.4. The Bertz CT molecular complexity index is 798. The Morgan fingerprint density at radius 2 is 1.50 bits per heavy atom. The quantitative estimate of drug-likeness (QED) is 0.832. The lowest BCUT2D eigenvalue weighted by atomic mass is 10.1. The first-order valence-corrected chi connectivity index (χ1v) is 9.13. The number of urea groups is 1. The van der Waals surface area contributed by atoms with Gasteiger partial charge >= 0.3 is 6.03 Å². The summed E-state index contributed by atoms with van der Waals surface area (Å²) in [4.78, 5) is 16.9. The molecule has 2 aromatic rings. The maximum atomic E-state index is 12.8. The molecule has 3 rings (SSSR count). The summed E-state index contributed by atoms with van der Waals surface area (Å²) in [5.41, 5.74) is 4.40. The molecule has 0 spiro atoms. The Morgan fingerprint density at radius 1 is 0.929 bits per heavy atom. The molecule has 6 nitrogen and oxygen atoms in total. The maximum absolute atomic E-state index is 12.8. The number of carbonyl (C=O) groups is 1. The van der Waals surface area contributed by atoms with Gasteiger partial charge in [0.1, 0.15) is 17.2 Å². The number of amides is 2. The van der Waals surface area contributed by atoms with Crippen LogP contribution in [0.15, 0.2) is 36.4 Å². The molecule has 0 saturated carbocycles. The average molecular weight is 406 g/mol. The Labute approximate surface area is 172 Å². The number of para-hydroxylation sites is 1. The van der Waals surface area contributed by atoms with Crippen LogP contribution in [0.25, 0.3) is 0 Å². The summed E-state index contributed by atoms with van der Waals surface area (Å²) >= 11 is 0. The number of aryl methyl sites for hydroxylation is 1. The van der Waals surface area contributed by atoms with Crippen LogP contribution in [0, 0.1) is 13.8 Å². The average Bonchev–Trinajstić information content (AvgIpc) is 2.70. The number of hydrogen-bond acceptors (Lipinski definition) is 4. The minimum Gasteiger partial charge on any atom is -0.494 e. The third kappa shape index (κ3) is 4.44. The number of piperazine rings is 1. The van der Waals surface area contributed by atoms with Crippen LogP contribution >= 0.6 is 12.4 Å². The second kappa shape index (κ2) is 9.55. The highest BCUT2D eigenvalue weighted by Crippen LogP contribution is 2.34. The van der Waals surface area contributed by atoms with E-state index in [4.69, 9.17) is 9.47 Å². The Kier molecular flexibility index (Phi) is 7.40. The van der Waals surface area contributed by atoms with Gasteiger partial charge in [0.25, 0.3) is 0 Å². The summed E-state index contributed by atoms with van der Waals surface area (Å²) in [6.45, 7) is 7.22. The van der Waals surface area contributed by atoms with Crippen LogP contribution in [0.3, 0.4) is 0 Å². The van der Waals surface area contributed by atoms with E-state index in [0.29, 0.717) is 30.3 Å². The molecular formula is C21H28ClN3O3. The van der Waals surface area contributed by atoms with Crippen molar-refractivity contribution in [2.24, 2.45) is 0 Å². The number of hydrogen-bond donors (Lipinski definition) is 1. The summed E-state index contributed by atoms with van der Waals surface area (Å²) in [6.07, 6.45) is 0. The van der Waals surface area contributed by atoms with Crippen LogP contribution < -0.4 is 19.7 Å². The number of rotatable bonds is 4. The first kappa shape index (κ1) is 21.7. The van der Waals surface area contributed by atoms with E-state index in [1.165, 1.54) is 16.8 Å². The lowest BCUT2D eigenvalue weighted by Crippen LogP contribution is -2.50. The van der Waals surface area contributed by atoms with Crippen molar-refractivity contribution in [2.45, 2.75) is 13.8 Å². The smallest absolute Gasteiger partial charge is 0.322 e. The second-order valence-electron chi connectivity index (χ2n) is 6.66. The van der Waals surface area contributed by atoms with Crippen LogP contribution in [-0.2, 0) is 0 Å². The predicted molar refractivity (Wildman–Crippen MR) is 116 cm³/mol. The zero-order valence-corrected chi connectivity index (χ0v) is 17.6. The molecule has 28 heavy (non-hydrogen) atoms. The number of carbonyl (C=O) groups excluding carboxylic acids is 1. The third-order valence-electron chi connectivity index (χ3n) is 5.14. The van der Waals surface area contributed by atoms with Gasteiger partial charge in [-0.15, -0.1) is 12.4 Å². The highest BCUT2D eigenvalue weighted by atomic mass is 35.5. The lowest BCUT2D eigenvalue weighted by molar-refractivity contribution is 0.208. The molecule has 2 amide bonds. The van der Waals surface area contributed by atoms with Gasteiger partial charge in [0.2, 0.25) is 0 Å². The minimum atomic E-state index is -0.140.